The maximum Gasteiger partial charge on any atom is 0.492 e. The number of para-hydroxylation sites is 4. The molecular formula is C36H21BO4S. The molecule has 9 aromatic rings. The van der Waals surface area contributed by atoms with Gasteiger partial charge in [0.05, 0.1) is 0 Å². The van der Waals surface area contributed by atoms with E-state index in [0.717, 1.165) is 60.5 Å². The molecule has 6 aromatic carbocycles. The zero-order valence-electron chi connectivity index (χ0n) is 22.2. The van der Waals surface area contributed by atoms with Crippen molar-refractivity contribution in [3.05, 3.63) is 115 Å². The Labute approximate surface area is 243 Å². The molecule has 0 saturated heterocycles. The molecule has 0 saturated carbocycles. The van der Waals surface area contributed by atoms with Crippen molar-refractivity contribution in [3.8, 4) is 22.3 Å². The maximum atomic E-state index is 9.97. The van der Waals surface area contributed by atoms with Gasteiger partial charge in [-0.1, -0.05) is 109 Å². The van der Waals surface area contributed by atoms with Crippen LogP contribution in [0.25, 0.3) is 86.3 Å². The first-order valence-electron chi connectivity index (χ1n) is 13.8. The lowest BCUT2D eigenvalue weighted by Crippen LogP contribution is -2.29. The van der Waals surface area contributed by atoms with E-state index in [2.05, 4.69) is 66.7 Å². The first-order chi connectivity index (χ1) is 20.7. The first-order valence-corrected chi connectivity index (χ1v) is 14.6. The number of rotatable bonds is 3. The van der Waals surface area contributed by atoms with Gasteiger partial charge in [-0.2, -0.15) is 0 Å². The minimum atomic E-state index is -1.61. The van der Waals surface area contributed by atoms with Crippen molar-refractivity contribution in [2.45, 2.75) is 0 Å². The molecule has 2 N–H and O–H groups in total. The largest absolute Gasteiger partial charge is 0.492 e. The van der Waals surface area contributed by atoms with E-state index in [1.165, 1.54) is 20.2 Å². The van der Waals surface area contributed by atoms with Crippen LogP contribution in [-0.4, -0.2) is 17.2 Å². The Balaban J connectivity index is 1.32. The molecule has 0 aliphatic heterocycles. The Kier molecular flexibility index (Phi) is 4.99. The van der Waals surface area contributed by atoms with Crippen LogP contribution in [0.15, 0.2) is 124 Å². The molecule has 0 bridgehead atoms. The van der Waals surface area contributed by atoms with Crippen LogP contribution in [0.2, 0.25) is 0 Å². The normalized spacial score (nSPS) is 12.0. The second-order valence-electron chi connectivity index (χ2n) is 10.6. The number of fused-ring (bicyclic) bond motifs is 9. The zero-order valence-corrected chi connectivity index (χ0v) is 23.0. The van der Waals surface area contributed by atoms with E-state index in [9.17, 15) is 10.0 Å². The van der Waals surface area contributed by atoms with Gasteiger partial charge in [0, 0.05) is 69.4 Å². The van der Waals surface area contributed by atoms with E-state index < -0.39 is 7.12 Å². The molecule has 198 valence electrons. The van der Waals surface area contributed by atoms with Crippen LogP contribution in [-0.2, 0) is 0 Å². The minimum absolute atomic E-state index is 0.360. The fourth-order valence-corrected chi connectivity index (χ4v) is 7.82. The number of hydrogen-bond donors (Lipinski definition) is 2. The van der Waals surface area contributed by atoms with Gasteiger partial charge in [0.15, 0.2) is 0 Å². The summed E-state index contributed by atoms with van der Waals surface area (Å²) < 4.78 is 15.2. The third-order valence-corrected chi connectivity index (χ3v) is 9.63. The first kappa shape index (κ1) is 23.8. The van der Waals surface area contributed by atoms with Gasteiger partial charge in [0.25, 0.3) is 0 Å². The Hall–Kier alpha value is -4.88. The van der Waals surface area contributed by atoms with Crippen LogP contribution < -0.4 is 5.46 Å². The Morgan fingerprint density at radius 1 is 0.429 bits per heavy atom. The van der Waals surface area contributed by atoms with Crippen molar-refractivity contribution in [1.82, 2.24) is 0 Å². The monoisotopic (exact) mass is 560 g/mol. The van der Waals surface area contributed by atoms with Crippen LogP contribution >= 0.6 is 11.3 Å². The summed E-state index contributed by atoms with van der Waals surface area (Å²) in [7, 11) is -1.61. The summed E-state index contributed by atoms with van der Waals surface area (Å²) in [6.07, 6.45) is 0. The molecule has 0 unspecified atom stereocenters. The van der Waals surface area contributed by atoms with Gasteiger partial charge in [-0.05, 0) is 6.07 Å². The highest BCUT2D eigenvalue weighted by Gasteiger charge is 2.22. The predicted octanol–water partition coefficient (Wildman–Crippen LogP) is 8.87. The van der Waals surface area contributed by atoms with Crippen LogP contribution in [0.3, 0.4) is 0 Å². The topological polar surface area (TPSA) is 66.7 Å². The Morgan fingerprint density at radius 2 is 0.905 bits per heavy atom. The molecule has 0 radical (unpaired) electrons. The highest BCUT2D eigenvalue weighted by atomic mass is 32.1. The summed E-state index contributed by atoms with van der Waals surface area (Å²) in [4.78, 5) is 0. The number of hydrogen-bond acceptors (Lipinski definition) is 5. The minimum Gasteiger partial charge on any atom is -0.456 e. The Bertz CT molecular complexity index is 2520. The molecule has 4 nitrogen and oxygen atoms in total. The van der Waals surface area contributed by atoms with E-state index in [0.29, 0.717) is 11.0 Å². The highest BCUT2D eigenvalue weighted by Crippen LogP contribution is 2.47. The van der Waals surface area contributed by atoms with Gasteiger partial charge in [-0.25, -0.2) is 0 Å². The third-order valence-electron chi connectivity index (χ3n) is 8.34. The standard InChI is InChI=1S/C36H21BO4S/c38-37(39)30-18-7-13-23-22-10-4-12-25(33(22)41-34(23)30)27-15-6-17-29-28-16-5-14-26(35(28)42-36(27)29)24-11-3-9-21-20-8-1-2-19-31(20)40-32(21)24/h1-19,38-39H. The average Bonchev–Trinajstić information content (AvgIpc) is 3.72. The van der Waals surface area contributed by atoms with Crippen LogP contribution in [0.5, 0.6) is 0 Å². The lowest BCUT2D eigenvalue weighted by Gasteiger charge is -2.04. The molecule has 3 aromatic heterocycles. The van der Waals surface area contributed by atoms with Crippen molar-refractivity contribution < 1.29 is 18.9 Å². The molecule has 0 amide bonds. The lowest BCUT2D eigenvalue weighted by molar-refractivity contribution is 0.425. The fraction of sp³-hybridized carbons (Fsp3) is 0. The Morgan fingerprint density at radius 3 is 1.55 bits per heavy atom. The summed E-state index contributed by atoms with van der Waals surface area (Å²) in [5.74, 6) is 0. The van der Waals surface area contributed by atoms with Gasteiger partial charge in [-0.3, -0.25) is 0 Å². The molecular weight excluding hydrogens is 539 g/mol. The van der Waals surface area contributed by atoms with Crippen molar-refractivity contribution in [2.75, 3.05) is 0 Å². The molecule has 0 aliphatic rings. The van der Waals surface area contributed by atoms with Gasteiger partial charge in [0.1, 0.15) is 22.3 Å². The maximum absolute atomic E-state index is 9.97. The zero-order chi connectivity index (χ0) is 27.9. The van der Waals surface area contributed by atoms with Crippen LogP contribution in [0, 0.1) is 0 Å². The molecule has 0 aliphatic carbocycles. The summed E-state index contributed by atoms with van der Waals surface area (Å²) in [6, 6.07) is 39.1. The van der Waals surface area contributed by atoms with E-state index >= 15 is 0 Å². The third kappa shape index (κ3) is 3.25. The highest BCUT2D eigenvalue weighted by molar-refractivity contribution is 7.26. The second kappa shape index (κ2) is 8.81. The van der Waals surface area contributed by atoms with Gasteiger partial charge in [-0.15, -0.1) is 11.3 Å². The quantitative estimate of drug-likeness (QED) is 0.212. The molecule has 0 spiro atoms. The molecule has 0 atom stereocenters. The summed E-state index contributed by atoms with van der Waals surface area (Å²) >= 11 is 1.78. The predicted molar refractivity (Wildman–Crippen MR) is 175 cm³/mol. The van der Waals surface area contributed by atoms with E-state index in [-0.39, 0.29) is 0 Å². The van der Waals surface area contributed by atoms with Crippen LogP contribution in [0.4, 0.5) is 0 Å². The van der Waals surface area contributed by atoms with Crippen molar-refractivity contribution in [1.29, 1.82) is 0 Å². The molecule has 0 fully saturated rings. The number of furan rings is 2. The molecule has 6 heteroatoms. The fourth-order valence-electron chi connectivity index (χ4n) is 6.46. The van der Waals surface area contributed by atoms with Crippen LogP contribution in [0.1, 0.15) is 0 Å². The second-order valence-corrected chi connectivity index (χ2v) is 11.6. The van der Waals surface area contributed by atoms with Crippen molar-refractivity contribution in [3.63, 3.8) is 0 Å². The SMILES string of the molecule is OB(O)c1cccc2c1oc1c(-c3cccc4c3sc3c(-c5cccc6c5oc5ccccc56)cccc34)cccc12. The van der Waals surface area contributed by atoms with Gasteiger partial charge in [0.2, 0.25) is 0 Å². The summed E-state index contributed by atoms with van der Waals surface area (Å²) in [5.41, 5.74) is 7.67. The van der Waals surface area contributed by atoms with E-state index in [1.54, 1.807) is 17.4 Å². The lowest BCUT2D eigenvalue weighted by atomic mass is 9.79. The summed E-state index contributed by atoms with van der Waals surface area (Å²) in [5, 5.41) is 26.4. The van der Waals surface area contributed by atoms with Gasteiger partial charge >= 0.3 is 7.12 Å². The smallest absolute Gasteiger partial charge is 0.456 e. The van der Waals surface area contributed by atoms with Crippen molar-refractivity contribution >= 4 is 88.0 Å². The number of thiophene rings is 1. The van der Waals surface area contributed by atoms with Crippen molar-refractivity contribution in [2.24, 2.45) is 0 Å². The van der Waals surface area contributed by atoms with Gasteiger partial charge < -0.3 is 18.9 Å². The molecule has 9 rings (SSSR count). The average molecular weight is 560 g/mol. The molecule has 3 heterocycles. The molecule has 42 heavy (non-hydrogen) atoms. The van der Waals surface area contributed by atoms with E-state index in [1.807, 2.05) is 42.5 Å². The summed E-state index contributed by atoms with van der Waals surface area (Å²) in [6.45, 7) is 0. The number of benzene rings is 6. The van der Waals surface area contributed by atoms with E-state index in [4.69, 9.17) is 8.83 Å².